The third-order valence-corrected chi connectivity index (χ3v) is 10.8. The van der Waals surface area contributed by atoms with Crippen molar-refractivity contribution in [1.29, 1.82) is 0 Å². The van der Waals surface area contributed by atoms with Crippen molar-refractivity contribution in [3.05, 3.63) is 163 Å². The van der Waals surface area contributed by atoms with Gasteiger partial charge < -0.3 is 9.47 Å². The first kappa shape index (κ1) is 25.0. The molecule has 0 saturated carbocycles. The number of rotatable bonds is 3. The van der Waals surface area contributed by atoms with Gasteiger partial charge in [0.1, 0.15) is 0 Å². The van der Waals surface area contributed by atoms with Crippen LogP contribution in [0.3, 0.4) is 0 Å². The lowest BCUT2D eigenvalue weighted by Gasteiger charge is -2.28. The fourth-order valence-electron chi connectivity index (χ4n) is 7.76. The molecular formula is C42H28N2S. The molecule has 0 radical (unpaired) electrons. The molecule has 1 aliphatic heterocycles. The zero-order valence-electron chi connectivity index (χ0n) is 24.5. The number of thiophene rings is 1. The molecule has 45 heavy (non-hydrogen) atoms. The molecule has 2 aromatic heterocycles. The molecule has 6 aromatic carbocycles. The van der Waals surface area contributed by atoms with Crippen LogP contribution < -0.4 is 4.90 Å². The van der Waals surface area contributed by atoms with E-state index in [1.165, 1.54) is 75.7 Å². The summed E-state index contributed by atoms with van der Waals surface area (Å²) < 4.78 is 5.12. The van der Waals surface area contributed by atoms with Gasteiger partial charge in [-0.3, -0.25) is 0 Å². The first-order valence-corrected chi connectivity index (χ1v) is 16.4. The van der Waals surface area contributed by atoms with E-state index in [1.54, 1.807) is 0 Å². The van der Waals surface area contributed by atoms with Crippen molar-refractivity contribution in [1.82, 2.24) is 4.57 Å². The Hall–Kier alpha value is -5.38. The second-order valence-electron chi connectivity index (χ2n) is 12.1. The SMILES string of the molecule is C1=CC2c3cc(-c4ccc5c(c4)c4ccccc4n5-c4cccc5sc6ccccc6c45)ccc3N(c3ccccc3)C2C=C1. The molecule has 0 N–H and O–H groups in total. The molecule has 0 amide bonds. The van der Waals surface area contributed by atoms with E-state index in [-0.39, 0.29) is 0 Å². The minimum atomic E-state index is 0.291. The van der Waals surface area contributed by atoms with Crippen LogP contribution in [-0.2, 0) is 0 Å². The van der Waals surface area contributed by atoms with Crippen LogP contribution in [-0.4, -0.2) is 10.6 Å². The fourth-order valence-corrected chi connectivity index (χ4v) is 8.89. The monoisotopic (exact) mass is 592 g/mol. The molecule has 8 aromatic rings. The smallest absolute Gasteiger partial charge is 0.0629 e. The van der Waals surface area contributed by atoms with Gasteiger partial charge in [0.05, 0.1) is 22.8 Å². The Bertz CT molecular complexity index is 2510. The molecule has 3 heterocycles. The average molecular weight is 593 g/mol. The first-order chi connectivity index (χ1) is 22.3. The summed E-state index contributed by atoms with van der Waals surface area (Å²) in [7, 11) is 0. The topological polar surface area (TPSA) is 8.17 Å². The Labute approximate surface area is 265 Å². The lowest BCUT2D eigenvalue weighted by molar-refractivity contribution is 0.745. The van der Waals surface area contributed by atoms with Crippen LogP contribution in [0.15, 0.2) is 158 Å². The number of hydrogen-bond donors (Lipinski definition) is 0. The lowest BCUT2D eigenvalue weighted by Crippen LogP contribution is -2.28. The normalized spacial score (nSPS) is 17.1. The highest BCUT2D eigenvalue weighted by Gasteiger charge is 2.37. The van der Waals surface area contributed by atoms with Gasteiger partial charge in [0.2, 0.25) is 0 Å². The van der Waals surface area contributed by atoms with E-state index in [2.05, 4.69) is 167 Å². The summed E-state index contributed by atoms with van der Waals surface area (Å²) in [5.74, 6) is 0.330. The van der Waals surface area contributed by atoms with Gasteiger partial charge in [0, 0.05) is 48.2 Å². The highest BCUT2D eigenvalue weighted by atomic mass is 32.1. The molecule has 1 aliphatic carbocycles. The highest BCUT2D eigenvalue weighted by molar-refractivity contribution is 7.25. The molecule has 2 nitrogen and oxygen atoms in total. The van der Waals surface area contributed by atoms with Crippen molar-refractivity contribution < 1.29 is 0 Å². The summed E-state index contributed by atoms with van der Waals surface area (Å²) in [5.41, 5.74) is 10.1. The minimum absolute atomic E-state index is 0.291. The van der Waals surface area contributed by atoms with Crippen molar-refractivity contribution in [3.8, 4) is 16.8 Å². The number of benzene rings is 6. The molecule has 3 heteroatoms. The molecule has 2 atom stereocenters. The number of anilines is 2. The second kappa shape index (κ2) is 9.56. The van der Waals surface area contributed by atoms with Gasteiger partial charge in [-0.15, -0.1) is 11.3 Å². The molecule has 2 aliphatic rings. The number of nitrogens with zero attached hydrogens (tertiary/aromatic N) is 2. The van der Waals surface area contributed by atoms with Gasteiger partial charge in [0.25, 0.3) is 0 Å². The number of allylic oxidation sites excluding steroid dienone is 2. The van der Waals surface area contributed by atoms with Crippen molar-refractivity contribution in [2.24, 2.45) is 0 Å². The van der Waals surface area contributed by atoms with E-state index in [1.807, 2.05) is 11.3 Å². The van der Waals surface area contributed by atoms with Crippen LogP contribution in [0.2, 0.25) is 0 Å². The van der Waals surface area contributed by atoms with Crippen molar-refractivity contribution in [2.75, 3.05) is 4.90 Å². The summed E-state index contributed by atoms with van der Waals surface area (Å²) in [6, 6.07) is 49.6. The number of fused-ring (bicyclic) bond motifs is 9. The van der Waals surface area contributed by atoms with E-state index in [0.29, 0.717) is 12.0 Å². The summed E-state index contributed by atoms with van der Waals surface area (Å²) in [4.78, 5) is 2.50. The number of para-hydroxylation sites is 2. The molecule has 0 saturated heterocycles. The predicted molar refractivity (Wildman–Crippen MR) is 192 cm³/mol. The van der Waals surface area contributed by atoms with Crippen LogP contribution >= 0.6 is 11.3 Å². The van der Waals surface area contributed by atoms with E-state index < -0.39 is 0 Å². The summed E-state index contributed by atoms with van der Waals surface area (Å²) in [5, 5.41) is 5.21. The van der Waals surface area contributed by atoms with E-state index in [9.17, 15) is 0 Å². The molecule has 0 spiro atoms. The molecule has 2 unspecified atom stereocenters. The molecule has 212 valence electrons. The highest BCUT2D eigenvalue weighted by Crippen LogP contribution is 2.49. The minimum Gasteiger partial charge on any atom is -0.333 e. The van der Waals surface area contributed by atoms with Crippen molar-refractivity contribution in [2.45, 2.75) is 12.0 Å². The first-order valence-electron chi connectivity index (χ1n) is 15.6. The molecule has 0 fully saturated rings. The third-order valence-electron chi connectivity index (χ3n) is 9.71. The quantitative estimate of drug-likeness (QED) is 0.198. The maximum atomic E-state index is 2.50. The fraction of sp³-hybridized carbons (Fsp3) is 0.0476. The maximum absolute atomic E-state index is 2.50. The summed E-state index contributed by atoms with van der Waals surface area (Å²) in [6.07, 6.45) is 9.09. The van der Waals surface area contributed by atoms with Crippen LogP contribution in [0.25, 0.3) is 58.8 Å². The van der Waals surface area contributed by atoms with Gasteiger partial charge in [0.15, 0.2) is 0 Å². The molecular weight excluding hydrogens is 565 g/mol. The zero-order valence-corrected chi connectivity index (χ0v) is 25.3. The van der Waals surface area contributed by atoms with Crippen LogP contribution in [0.4, 0.5) is 11.4 Å². The van der Waals surface area contributed by atoms with Gasteiger partial charge in [-0.1, -0.05) is 97.1 Å². The standard InChI is InChI=1S/C42H28N2S/c1-2-11-29(12-3-1)43-35-16-7-4-13-30(35)33-25-27(21-23-37(33)43)28-22-24-38-34(26-28)31-14-5-8-17-36(31)44(38)39-18-10-20-41-42(39)32-15-6-9-19-40(32)45-41/h1-26,30,35H. The van der Waals surface area contributed by atoms with E-state index in [4.69, 9.17) is 0 Å². The number of aromatic nitrogens is 1. The Kier molecular flexibility index (Phi) is 5.31. The Morgan fingerprint density at radius 3 is 2.18 bits per heavy atom. The van der Waals surface area contributed by atoms with Crippen LogP contribution in [0.5, 0.6) is 0 Å². The van der Waals surface area contributed by atoms with Crippen LogP contribution in [0, 0.1) is 0 Å². The van der Waals surface area contributed by atoms with E-state index >= 15 is 0 Å². The Morgan fingerprint density at radius 1 is 0.511 bits per heavy atom. The second-order valence-corrected chi connectivity index (χ2v) is 13.2. The van der Waals surface area contributed by atoms with Crippen molar-refractivity contribution in [3.63, 3.8) is 0 Å². The Balaban J connectivity index is 1.16. The van der Waals surface area contributed by atoms with Crippen LogP contribution in [0.1, 0.15) is 11.5 Å². The molecule has 0 bridgehead atoms. The van der Waals surface area contributed by atoms with Crippen molar-refractivity contribution >= 4 is 64.7 Å². The third kappa shape index (κ3) is 3.62. The largest absolute Gasteiger partial charge is 0.333 e. The molecule has 10 rings (SSSR count). The number of hydrogen-bond acceptors (Lipinski definition) is 2. The maximum Gasteiger partial charge on any atom is 0.0629 e. The van der Waals surface area contributed by atoms with Gasteiger partial charge in [-0.25, -0.2) is 0 Å². The average Bonchev–Trinajstić information content (AvgIpc) is 3.76. The van der Waals surface area contributed by atoms with E-state index in [0.717, 1.165) is 0 Å². The zero-order chi connectivity index (χ0) is 29.5. The van der Waals surface area contributed by atoms with Gasteiger partial charge >= 0.3 is 0 Å². The Morgan fingerprint density at radius 2 is 1.24 bits per heavy atom. The predicted octanol–water partition coefficient (Wildman–Crippen LogP) is 11.5. The lowest BCUT2D eigenvalue weighted by atomic mass is 9.89. The summed E-state index contributed by atoms with van der Waals surface area (Å²) in [6.45, 7) is 0. The van der Waals surface area contributed by atoms with Gasteiger partial charge in [-0.05, 0) is 77.4 Å². The van der Waals surface area contributed by atoms with Gasteiger partial charge in [-0.2, -0.15) is 0 Å². The summed E-state index contributed by atoms with van der Waals surface area (Å²) >= 11 is 1.87.